The van der Waals surface area contributed by atoms with Gasteiger partial charge in [0.05, 0.1) is 12.5 Å². The van der Waals surface area contributed by atoms with Crippen molar-refractivity contribution in [2.75, 3.05) is 25.5 Å². The molecule has 1 unspecified atom stereocenters. The summed E-state index contributed by atoms with van der Waals surface area (Å²) in [5.41, 5.74) is 2.41. The molecule has 5 heteroatoms. The number of rotatable bonds is 3. The van der Waals surface area contributed by atoms with Gasteiger partial charge in [-0.25, -0.2) is 4.39 Å². The summed E-state index contributed by atoms with van der Waals surface area (Å²) in [5.74, 6) is -0.0271. The number of methoxy groups -OCH3 is 1. The summed E-state index contributed by atoms with van der Waals surface area (Å²) in [5, 5.41) is 3.00. The van der Waals surface area contributed by atoms with Gasteiger partial charge >= 0.3 is 0 Å². The quantitative estimate of drug-likeness (QED) is 0.943. The normalized spacial score (nSPS) is 22.7. The molecule has 1 spiro atoms. The average molecular weight is 326 g/mol. The fourth-order valence-electron chi connectivity index (χ4n) is 3.87. The lowest BCUT2D eigenvalue weighted by Crippen LogP contribution is -2.37. The number of amides is 1. The zero-order valence-electron chi connectivity index (χ0n) is 13.5. The van der Waals surface area contributed by atoms with E-state index in [0.29, 0.717) is 13.1 Å². The van der Waals surface area contributed by atoms with Gasteiger partial charge in [-0.2, -0.15) is 0 Å². The highest BCUT2D eigenvalue weighted by Gasteiger charge is 2.50. The van der Waals surface area contributed by atoms with E-state index in [4.69, 9.17) is 4.74 Å². The highest BCUT2D eigenvalue weighted by molar-refractivity contribution is 6.06. The SMILES string of the molecule is COc1ccc(CN2CCC3(C2)C(=O)Nc2ccccc23)cc1F. The minimum Gasteiger partial charge on any atom is -0.494 e. The molecular weight excluding hydrogens is 307 g/mol. The Morgan fingerprint density at radius 3 is 2.92 bits per heavy atom. The van der Waals surface area contributed by atoms with Gasteiger partial charge in [0.15, 0.2) is 11.6 Å². The molecule has 1 N–H and O–H groups in total. The van der Waals surface area contributed by atoms with E-state index in [0.717, 1.165) is 29.8 Å². The molecule has 0 aromatic heterocycles. The summed E-state index contributed by atoms with van der Waals surface area (Å²) in [6, 6.07) is 12.9. The minimum absolute atomic E-state index is 0.0760. The van der Waals surface area contributed by atoms with E-state index in [-0.39, 0.29) is 17.5 Å². The maximum Gasteiger partial charge on any atom is 0.236 e. The minimum atomic E-state index is -0.471. The average Bonchev–Trinajstić information content (AvgIpc) is 3.11. The molecule has 2 aromatic rings. The lowest BCUT2D eigenvalue weighted by Gasteiger charge is -2.22. The van der Waals surface area contributed by atoms with Gasteiger partial charge in [-0.1, -0.05) is 24.3 Å². The Hall–Kier alpha value is -2.40. The summed E-state index contributed by atoms with van der Waals surface area (Å²) in [6.45, 7) is 2.09. The predicted octanol–water partition coefficient (Wildman–Crippen LogP) is 2.93. The van der Waals surface area contributed by atoms with Crippen molar-refractivity contribution in [2.45, 2.75) is 18.4 Å². The van der Waals surface area contributed by atoms with Crippen molar-refractivity contribution in [1.29, 1.82) is 0 Å². The number of para-hydroxylation sites is 1. The number of fused-ring (bicyclic) bond motifs is 2. The summed E-state index contributed by atoms with van der Waals surface area (Å²) in [6.07, 6.45) is 0.786. The summed E-state index contributed by atoms with van der Waals surface area (Å²) >= 11 is 0. The molecule has 1 saturated heterocycles. The van der Waals surface area contributed by atoms with Crippen molar-refractivity contribution in [2.24, 2.45) is 0 Å². The van der Waals surface area contributed by atoms with E-state index in [2.05, 4.69) is 10.2 Å². The standard InChI is InChI=1S/C19H19FN2O2/c1-24-17-7-6-13(10-15(17)20)11-22-9-8-19(12-22)14-4-2-3-5-16(14)21-18(19)23/h2-7,10H,8-9,11-12H2,1H3,(H,21,23). The molecule has 2 heterocycles. The number of ether oxygens (including phenoxy) is 1. The second kappa shape index (κ2) is 5.60. The number of hydrogen-bond donors (Lipinski definition) is 1. The Kier molecular flexibility index (Phi) is 3.53. The molecule has 24 heavy (non-hydrogen) atoms. The number of likely N-dealkylation sites (tertiary alicyclic amines) is 1. The zero-order valence-corrected chi connectivity index (χ0v) is 13.5. The van der Waals surface area contributed by atoms with E-state index in [1.807, 2.05) is 30.3 Å². The number of benzene rings is 2. The van der Waals surface area contributed by atoms with Crippen LogP contribution in [0.25, 0.3) is 0 Å². The Bertz CT molecular complexity index is 808. The van der Waals surface area contributed by atoms with Crippen LogP contribution < -0.4 is 10.1 Å². The van der Waals surface area contributed by atoms with Crippen LogP contribution in [0.4, 0.5) is 10.1 Å². The number of nitrogens with zero attached hydrogens (tertiary/aromatic N) is 1. The number of carbonyl (C=O) groups excluding carboxylic acids is 1. The molecule has 2 aliphatic rings. The van der Waals surface area contributed by atoms with Crippen LogP contribution in [0.5, 0.6) is 5.75 Å². The molecule has 2 aliphatic heterocycles. The Balaban J connectivity index is 1.55. The topological polar surface area (TPSA) is 41.6 Å². The van der Waals surface area contributed by atoms with Crippen LogP contribution in [-0.4, -0.2) is 31.0 Å². The van der Waals surface area contributed by atoms with Gasteiger partial charge in [0.2, 0.25) is 5.91 Å². The van der Waals surface area contributed by atoms with Gasteiger partial charge in [-0.15, -0.1) is 0 Å². The van der Waals surface area contributed by atoms with Gasteiger partial charge < -0.3 is 10.1 Å². The van der Waals surface area contributed by atoms with Crippen LogP contribution in [-0.2, 0) is 16.8 Å². The molecule has 4 rings (SSSR count). The van der Waals surface area contributed by atoms with Gasteiger partial charge in [0.1, 0.15) is 0 Å². The summed E-state index contributed by atoms with van der Waals surface area (Å²) in [7, 11) is 1.46. The molecule has 0 saturated carbocycles. The molecule has 124 valence electrons. The van der Waals surface area contributed by atoms with Crippen LogP contribution in [0, 0.1) is 5.82 Å². The smallest absolute Gasteiger partial charge is 0.236 e. The molecule has 4 nitrogen and oxygen atoms in total. The van der Waals surface area contributed by atoms with Crippen molar-refractivity contribution < 1.29 is 13.9 Å². The lowest BCUT2D eigenvalue weighted by molar-refractivity contribution is -0.120. The van der Waals surface area contributed by atoms with E-state index in [9.17, 15) is 9.18 Å². The van der Waals surface area contributed by atoms with E-state index in [1.165, 1.54) is 13.2 Å². The van der Waals surface area contributed by atoms with E-state index >= 15 is 0 Å². The number of halogens is 1. The lowest BCUT2D eigenvalue weighted by atomic mass is 9.81. The van der Waals surface area contributed by atoms with Crippen LogP contribution in [0.2, 0.25) is 0 Å². The Labute approximate surface area is 140 Å². The van der Waals surface area contributed by atoms with Gasteiger partial charge in [-0.3, -0.25) is 9.69 Å². The highest BCUT2D eigenvalue weighted by Crippen LogP contribution is 2.44. The number of hydrogen-bond acceptors (Lipinski definition) is 3. The number of anilines is 1. The first kappa shape index (κ1) is 15.1. The maximum absolute atomic E-state index is 13.9. The highest BCUT2D eigenvalue weighted by atomic mass is 19.1. The van der Waals surface area contributed by atoms with Crippen molar-refractivity contribution in [3.05, 3.63) is 59.4 Å². The third kappa shape index (κ3) is 2.27. The first-order chi connectivity index (χ1) is 11.6. The third-order valence-corrected chi connectivity index (χ3v) is 5.10. The number of carbonyl (C=O) groups is 1. The van der Waals surface area contributed by atoms with Crippen molar-refractivity contribution in [1.82, 2.24) is 4.90 Å². The second-order valence-corrected chi connectivity index (χ2v) is 6.51. The maximum atomic E-state index is 13.9. The fourth-order valence-corrected chi connectivity index (χ4v) is 3.87. The first-order valence-electron chi connectivity index (χ1n) is 8.08. The zero-order chi connectivity index (χ0) is 16.7. The molecule has 0 radical (unpaired) electrons. The van der Waals surface area contributed by atoms with Gasteiger partial charge in [0.25, 0.3) is 0 Å². The summed E-state index contributed by atoms with van der Waals surface area (Å²) in [4.78, 5) is 14.8. The van der Waals surface area contributed by atoms with E-state index in [1.54, 1.807) is 6.07 Å². The van der Waals surface area contributed by atoms with Crippen molar-refractivity contribution >= 4 is 11.6 Å². The van der Waals surface area contributed by atoms with Crippen molar-refractivity contribution in [3.8, 4) is 5.75 Å². The molecule has 1 amide bonds. The largest absolute Gasteiger partial charge is 0.494 e. The van der Waals surface area contributed by atoms with Crippen molar-refractivity contribution in [3.63, 3.8) is 0 Å². The van der Waals surface area contributed by atoms with Gasteiger partial charge in [-0.05, 0) is 42.3 Å². The Morgan fingerprint density at radius 1 is 1.29 bits per heavy atom. The van der Waals surface area contributed by atoms with E-state index < -0.39 is 5.41 Å². The second-order valence-electron chi connectivity index (χ2n) is 6.51. The van der Waals surface area contributed by atoms with Crippen LogP contribution in [0.1, 0.15) is 17.5 Å². The molecule has 0 bridgehead atoms. The Morgan fingerprint density at radius 2 is 2.12 bits per heavy atom. The molecule has 2 aromatic carbocycles. The molecule has 1 atom stereocenters. The number of nitrogens with one attached hydrogen (secondary N) is 1. The molecule has 1 fully saturated rings. The van der Waals surface area contributed by atoms with Crippen LogP contribution in [0.3, 0.4) is 0 Å². The summed E-state index contributed by atoms with van der Waals surface area (Å²) < 4.78 is 18.8. The predicted molar refractivity (Wildman–Crippen MR) is 89.6 cm³/mol. The fraction of sp³-hybridized carbons (Fsp3) is 0.316. The van der Waals surface area contributed by atoms with Crippen LogP contribution >= 0.6 is 0 Å². The third-order valence-electron chi connectivity index (χ3n) is 5.10. The van der Waals surface area contributed by atoms with Crippen LogP contribution in [0.15, 0.2) is 42.5 Å². The first-order valence-corrected chi connectivity index (χ1v) is 8.08. The molecule has 0 aliphatic carbocycles. The van der Waals surface area contributed by atoms with Gasteiger partial charge in [0, 0.05) is 18.8 Å². The molecular formula is C19H19FN2O2. The monoisotopic (exact) mass is 326 g/mol.